The Balaban J connectivity index is 1.73. The molecule has 0 bridgehead atoms. The molecule has 8 heteroatoms. The number of aromatic carboxylic acids is 1. The van der Waals surface area contributed by atoms with Crippen LogP contribution in [0, 0.1) is 5.82 Å². The second-order valence-electron chi connectivity index (χ2n) is 8.46. The van der Waals surface area contributed by atoms with Crippen LogP contribution in [0.3, 0.4) is 0 Å². The molecular weight excluding hydrogens is 415 g/mol. The van der Waals surface area contributed by atoms with Crippen LogP contribution in [-0.2, 0) is 5.41 Å². The van der Waals surface area contributed by atoms with E-state index in [9.17, 15) is 29.0 Å². The maximum atomic E-state index is 14.9. The first-order valence-corrected chi connectivity index (χ1v) is 10.4. The van der Waals surface area contributed by atoms with Gasteiger partial charge in [-0.25, -0.2) is 14.0 Å². The average Bonchev–Trinajstić information content (AvgIpc) is 2.76. The number of carboxylic acid groups (broad SMARTS) is 1. The van der Waals surface area contributed by atoms with Crippen LogP contribution in [0.1, 0.15) is 54.9 Å². The third-order valence-electron chi connectivity index (χ3n) is 6.29. The first kappa shape index (κ1) is 21.5. The summed E-state index contributed by atoms with van der Waals surface area (Å²) in [6, 6.07) is 7.62. The number of phenols is 1. The second-order valence-corrected chi connectivity index (χ2v) is 8.46. The van der Waals surface area contributed by atoms with Gasteiger partial charge >= 0.3 is 12.0 Å². The number of carboxylic acids is 1. The minimum absolute atomic E-state index is 0.0476. The van der Waals surface area contributed by atoms with E-state index in [0.717, 1.165) is 42.9 Å². The predicted octanol–water partition coefficient (Wildman–Crippen LogP) is 4.85. The Morgan fingerprint density at radius 2 is 1.81 bits per heavy atom. The van der Waals surface area contributed by atoms with Crippen LogP contribution in [0.4, 0.5) is 14.9 Å². The van der Waals surface area contributed by atoms with Gasteiger partial charge in [0.15, 0.2) is 0 Å². The van der Waals surface area contributed by atoms with Crippen LogP contribution in [0.15, 0.2) is 47.4 Å². The zero-order chi connectivity index (χ0) is 23.0. The molecular formula is C24H23FN2O5. The number of phenolic OH excluding ortho intramolecular Hbond substituents is 1. The van der Waals surface area contributed by atoms with Gasteiger partial charge in [0.2, 0.25) is 5.43 Å². The molecule has 1 saturated carbocycles. The number of pyridine rings is 1. The number of aromatic hydroxyl groups is 1. The van der Waals surface area contributed by atoms with Crippen molar-refractivity contribution in [3.8, 4) is 5.75 Å². The fourth-order valence-corrected chi connectivity index (χ4v) is 4.52. The molecule has 1 fully saturated rings. The van der Waals surface area contributed by atoms with E-state index >= 15 is 0 Å². The molecule has 0 aliphatic heterocycles. The molecule has 3 aromatic rings. The van der Waals surface area contributed by atoms with Crippen LogP contribution in [0.2, 0.25) is 0 Å². The monoisotopic (exact) mass is 438 g/mol. The first-order valence-electron chi connectivity index (χ1n) is 10.4. The van der Waals surface area contributed by atoms with Gasteiger partial charge in [-0.1, -0.05) is 38.3 Å². The van der Waals surface area contributed by atoms with Gasteiger partial charge in [-0.15, -0.1) is 0 Å². The second kappa shape index (κ2) is 8.11. The van der Waals surface area contributed by atoms with Gasteiger partial charge in [-0.3, -0.25) is 9.36 Å². The van der Waals surface area contributed by atoms with Gasteiger partial charge in [-0.05, 0) is 36.5 Å². The summed E-state index contributed by atoms with van der Waals surface area (Å²) in [7, 11) is 0. The maximum absolute atomic E-state index is 14.9. The van der Waals surface area contributed by atoms with E-state index in [1.165, 1.54) is 24.3 Å². The predicted molar refractivity (Wildman–Crippen MR) is 118 cm³/mol. The number of benzene rings is 2. The number of carbonyl (C=O) groups excluding carboxylic acids is 1. The number of amides is 1. The lowest BCUT2D eigenvalue weighted by Gasteiger charge is -2.34. The normalized spacial score (nSPS) is 15.4. The Kier molecular flexibility index (Phi) is 5.46. The van der Waals surface area contributed by atoms with Crippen molar-refractivity contribution in [2.75, 3.05) is 5.32 Å². The molecule has 166 valence electrons. The lowest BCUT2D eigenvalue weighted by Crippen LogP contribution is -2.27. The molecule has 0 radical (unpaired) electrons. The standard InChI is InChI=1S/C24H23FN2O5/c1-24(9-5-2-6-10-24)16-11-17(25)18(12-20(16)28)26-23(32)27-13-15(22(30)31)21(29)14-7-3-4-8-19(14)27/h3-4,7-8,11-13,28H,2,5-6,9-10H2,1H3,(H,26,32)(H,30,31). The highest BCUT2D eigenvalue weighted by Crippen LogP contribution is 2.44. The number of para-hydroxylation sites is 1. The summed E-state index contributed by atoms with van der Waals surface area (Å²) in [5.74, 6) is -2.29. The van der Waals surface area contributed by atoms with Crippen molar-refractivity contribution < 1.29 is 24.2 Å². The van der Waals surface area contributed by atoms with Crippen LogP contribution < -0.4 is 10.7 Å². The Morgan fingerprint density at radius 1 is 1.12 bits per heavy atom. The Bertz CT molecular complexity index is 1290. The van der Waals surface area contributed by atoms with E-state index in [2.05, 4.69) is 5.32 Å². The summed E-state index contributed by atoms with van der Waals surface area (Å²) < 4.78 is 15.9. The number of carbonyl (C=O) groups is 2. The van der Waals surface area contributed by atoms with Crippen LogP contribution >= 0.6 is 0 Å². The number of aromatic nitrogens is 1. The zero-order valence-electron chi connectivity index (χ0n) is 17.5. The van der Waals surface area contributed by atoms with E-state index in [1.54, 1.807) is 12.1 Å². The zero-order valence-corrected chi connectivity index (χ0v) is 17.5. The molecule has 0 spiro atoms. The van der Waals surface area contributed by atoms with Crippen molar-refractivity contribution in [2.24, 2.45) is 0 Å². The molecule has 1 amide bonds. The van der Waals surface area contributed by atoms with Gasteiger partial charge in [0, 0.05) is 23.2 Å². The fourth-order valence-electron chi connectivity index (χ4n) is 4.52. The van der Waals surface area contributed by atoms with Crippen molar-refractivity contribution in [3.63, 3.8) is 0 Å². The number of anilines is 1. The van der Waals surface area contributed by atoms with E-state index in [-0.39, 0.29) is 27.8 Å². The molecule has 32 heavy (non-hydrogen) atoms. The Morgan fingerprint density at radius 3 is 2.50 bits per heavy atom. The SMILES string of the molecule is CC1(c2cc(F)c(NC(=O)n3cc(C(=O)O)c(=O)c4ccccc43)cc2O)CCCCC1. The Hall–Kier alpha value is -3.68. The number of nitrogens with zero attached hydrogens (tertiary/aromatic N) is 1. The lowest BCUT2D eigenvalue weighted by molar-refractivity contribution is 0.0695. The molecule has 3 N–H and O–H groups in total. The van der Waals surface area contributed by atoms with Crippen LogP contribution in [-0.4, -0.2) is 26.8 Å². The van der Waals surface area contributed by atoms with Crippen molar-refractivity contribution in [3.05, 3.63) is 69.8 Å². The van der Waals surface area contributed by atoms with Gasteiger partial charge in [0.05, 0.1) is 11.2 Å². The summed E-state index contributed by atoms with van der Waals surface area (Å²) in [6.07, 6.45) is 5.71. The smallest absolute Gasteiger partial charge is 0.341 e. The highest BCUT2D eigenvalue weighted by molar-refractivity contribution is 6.00. The minimum atomic E-state index is -1.48. The molecule has 1 aliphatic carbocycles. The number of rotatable bonds is 3. The molecule has 2 aromatic carbocycles. The van der Waals surface area contributed by atoms with E-state index in [1.807, 2.05) is 6.92 Å². The first-order chi connectivity index (χ1) is 15.2. The number of halogens is 1. The van der Waals surface area contributed by atoms with E-state index in [4.69, 9.17) is 0 Å². The largest absolute Gasteiger partial charge is 0.508 e. The maximum Gasteiger partial charge on any atom is 0.341 e. The molecule has 1 aromatic heterocycles. The highest BCUT2D eigenvalue weighted by atomic mass is 19.1. The third kappa shape index (κ3) is 3.72. The van der Waals surface area contributed by atoms with Crippen LogP contribution in [0.5, 0.6) is 5.75 Å². The molecule has 1 aliphatic rings. The Labute approximate surface area is 183 Å². The van der Waals surface area contributed by atoms with Crippen molar-refractivity contribution in [2.45, 2.75) is 44.4 Å². The quantitative estimate of drug-likeness (QED) is 0.542. The lowest BCUT2D eigenvalue weighted by atomic mass is 9.70. The molecule has 7 nitrogen and oxygen atoms in total. The number of nitrogens with one attached hydrogen (secondary N) is 1. The van der Waals surface area contributed by atoms with Gasteiger partial charge < -0.3 is 15.5 Å². The summed E-state index contributed by atoms with van der Waals surface area (Å²) in [5.41, 5.74) is -1.19. The van der Waals surface area contributed by atoms with Gasteiger partial charge in [-0.2, -0.15) is 0 Å². The van der Waals surface area contributed by atoms with Crippen molar-refractivity contribution in [1.29, 1.82) is 0 Å². The molecule has 1 heterocycles. The van der Waals surface area contributed by atoms with Crippen molar-refractivity contribution in [1.82, 2.24) is 4.57 Å². The van der Waals surface area contributed by atoms with E-state index < -0.39 is 28.8 Å². The topological polar surface area (TPSA) is 109 Å². The third-order valence-corrected chi connectivity index (χ3v) is 6.29. The minimum Gasteiger partial charge on any atom is -0.508 e. The molecule has 0 unspecified atom stereocenters. The average molecular weight is 438 g/mol. The van der Waals surface area contributed by atoms with Crippen molar-refractivity contribution >= 4 is 28.6 Å². The summed E-state index contributed by atoms with van der Waals surface area (Å²) in [5, 5.41) is 22.4. The summed E-state index contributed by atoms with van der Waals surface area (Å²) in [4.78, 5) is 36.8. The summed E-state index contributed by atoms with van der Waals surface area (Å²) >= 11 is 0. The van der Waals surface area contributed by atoms with E-state index in [0.29, 0.717) is 5.56 Å². The van der Waals surface area contributed by atoms with Crippen LogP contribution in [0.25, 0.3) is 10.9 Å². The molecule has 4 rings (SSSR count). The highest BCUT2D eigenvalue weighted by Gasteiger charge is 2.32. The molecule has 0 saturated heterocycles. The number of fused-ring (bicyclic) bond motifs is 1. The fraction of sp³-hybridized carbons (Fsp3) is 0.292. The number of hydrogen-bond acceptors (Lipinski definition) is 4. The number of hydrogen-bond donors (Lipinski definition) is 3. The summed E-state index contributed by atoms with van der Waals surface area (Å²) in [6.45, 7) is 2.00. The van der Waals surface area contributed by atoms with Gasteiger partial charge in [0.25, 0.3) is 0 Å². The van der Waals surface area contributed by atoms with Gasteiger partial charge in [0.1, 0.15) is 17.1 Å². The molecule has 0 atom stereocenters.